The van der Waals surface area contributed by atoms with Crippen molar-refractivity contribution in [2.45, 2.75) is 40.0 Å². The molecule has 0 heterocycles. The number of ether oxygens (including phenoxy) is 1. The van der Waals surface area contributed by atoms with Gasteiger partial charge in [0, 0.05) is 18.6 Å². The van der Waals surface area contributed by atoms with Crippen LogP contribution in [0.4, 0.5) is 0 Å². The van der Waals surface area contributed by atoms with Crippen LogP contribution >= 0.6 is 0 Å². The van der Waals surface area contributed by atoms with Crippen molar-refractivity contribution in [1.29, 1.82) is 0 Å². The summed E-state index contributed by atoms with van der Waals surface area (Å²) >= 11 is 0. The SMILES string of the molecule is CCCCOCC(C)(CO)CC(C)CO. The van der Waals surface area contributed by atoms with Crippen LogP contribution in [0.3, 0.4) is 0 Å². The highest BCUT2D eigenvalue weighted by Gasteiger charge is 2.25. The second-order valence-electron chi connectivity index (χ2n) is 4.87. The van der Waals surface area contributed by atoms with Crippen LogP contribution in [0.2, 0.25) is 0 Å². The third kappa shape index (κ3) is 6.88. The van der Waals surface area contributed by atoms with E-state index in [4.69, 9.17) is 9.84 Å². The summed E-state index contributed by atoms with van der Waals surface area (Å²) in [5.41, 5.74) is -0.212. The molecule has 2 unspecified atom stereocenters. The van der Waals surface area contributed by atoms with Gasteiger partial charge in [-0.15, -0.1) is 0 Å². The Morgan fingerprint density at radius 3 is 2.47 bits per heavy atom. The van der Waals surface area contributed by atoms with Crippen LogP contribution in [0.5, 0.6) is 0 Å². The van der Waals surface area contributed by atoms with Crippen LogP contribution in [-0.2, 0) is 4.74 Å². The van der Waals surface area contributed by atoms with E-state index in [0.717, 1.165) is 25.9 Å². The van der Waals surface area contributed by atoms with Crippen LogP contribution in [0, 0.1) is 11.3 Å². The summed E-state index contributed by atoms with van der Waals surface area (Å²) in [5.74, 6) is 0.219. The smallest absolute Gasteiger partial charge is 0.0541 e. The van der Waals surface area contributed by atoms with Crippen molar-refractivity contribution in [3.05, 3.63) is 0 Å². The first kappa shape index (κ1) is 14.9. The summed E-state index contributed by atoms with van der Waals surface area (Å²) in [6.07, 6.45) is 2.99. The molecule has 0 fully saturated rings. The number of aliphatic hydroxyl groups excluding tert-OH is 2. The van der Waals surface area contributed by atoms with Gasteiger partial charge in [-0.3, -0.25) is 0 Å². The molecule has 0 aliphatic carbocycles. The van der Waals surface area contributed by atoms with Gasteiger partial charge in [-0.25, -0.2) is 0 Å². The number of aliphatic hydroxyl groups is 2. The van der Waals surface area contributed by atoms with Gasteiger partial charge in [-0.2, -0.15) is 0 Å². The van der Waals surface area contributed by atoms with Crippen LogP contribution in [0.15, 0.2) is 0 Å². The fraction of sp³-hybridized carbons (Fsp3) is 1.00. The average molecular weight is 218 g/mol. The van der Waals surface area contributed by atoms with Gasteiger partial charge in [-0.05, 0) is 18.8 Å². The molecule has 0 bridgehead atoms. The Morgan fingerprint density at radius 1 is 1.33 bits per heavy atom. The number of rotatable bonds is 9. The Labute approximate surface area is 93.5 Å². The molecular formula is C12H26O3. The lowest BCUT2D eigenvalue weighted by molar-refractivity contribution is -0.00143. The monoisotopic (exact) mass is 218 g/mol. The molecule has 0 saturated carbocycles. The lowest BCUT2D eigenvalue weighted by Gasteiger charge is -2.29. The van der Waals surface area contributed by atoms with E-state index in [-0.39, 0.29) is 24.5 Å². The highest BCUT2D eigenvalue weighted by atomic mass is 16.5. The van der Waals surface area contributed by atoms with Gasteiger partial charge in [-0.1, -0.05) is 27.2 Å². The van der Waals surface area contributed by atoms with Crippen molar-refractivity contribution >= 4 is 0 Å². The zero-order chi connectivity index (χ0) is 11.7. The van der Waals surface area contributed by atoms with Gasteiger partial charge in [0.2, 0.25) is 0 Å². The Bertz CT molecular complexity index is 150. The minimum absolute atomic E-state index is 0.115. The largest absolute Gasteiger partial charge is 0.396 e. The molecule has 0 amide bonds. The number of hydrogen-bond acceptors (Lipinski definition) is 3. The first-order valence-corrected chi connectivity index (χ1v) is 5.87. The van der Waals surface area contributed by atoms with Gasteiger partial charge in [0.05, 0.1) is 13.2 Å². The molecule has 0 spiro atoms. The zero-order valence-corrected chi connectivity index (χ0v) is 10.3. The standard InChI is InChI=1S/C12H26O3/c1-4-5-6-15-10-12(3,9-14)7-11(2)8-13/h11,13-14H,4-10H2,1-3H3. The van der Waals surface area contributed by atoms with Crippen LogP contribution in [-0.4, -0.2) is 36.6 Å². The van der Waals surface area contributed by atoms with Crippen molar-refractivity contribution in [2.75, 3.05) is 26.4 Å². The Hall–Kier alpha value is -0.120. The summed E-state index contributed by atoms with van der Waals surface area (Å²) in [5, 5.41) is 18.3. The van der Waals surface area contributed by atoms with Crippen molar-refractivity contribution in [3.8, 4) is 0 Å². The molecule has 0 rings (SSSR count). The fourth-order valence-corrected chi connectivity index (χ4v) is 1.64. The lowest BCUT2D eigenvalue weighted by Crippen LogP contribution is -2.30. The summed E-state index contributed by atoms with van der Waals surface area (Å²) in [6, 6.07) is 0. The number of hydrogen-bond donors (Lipinski definition) is 2. The Kier molecular flexibility index (Phi) is 8.02. The van der Waals surface area contributed by atoms with Gasteiger partial charge >= 0.3 is 0 Å². The van der Waals surface area contributed by atoms with Crippen LogP contribution in [0.1, 0.15) is 40.0 Å². The van der Waals surface area contributed by atoms with Gasteiger partial charge in [0.1, 0.15) is 0 Å². The van der Waals surface area contributed by atoms with E-state index in [1.165, 1.54) is 0 Å². The molecule has 3 nitrogen and oxygen atoms in total. The Balaban J connectivity index is 3.85. The topological polar surface area (TPSA) is 49.7 Å². The zero-order valence-electron chi connectivity index (χ0n) is 10.3. The minimum atomic E-state index is -0.212. The molecule has 0 aliphatic rings. The highest BCUT2D eigenvalue weighted by molar-refractivity contribution is 4.75. The van der Waals surface area contributed by atoms with Crippen molar-refractivity contribution in [1.82, 2.24) is 0 Å². The van der Waals surface area contributed by atoms with E-state index in [1.54, 1.807) is 0 Å². The third-order valence-corrected chi connectivity index (χ3v) is 2.63. The maximum Gasteiger partial charge on any atom is 0.0541 e. The molecule has 0 radical (unpaired) electrons. The second kappa shape index (κ2) is 8.08. The summed E-state index contributed by atoms with van der Waals surface area (Å²) in [7, 11) is 0. The Morgan fingerprint density at radius 2 is 2.00 bits per heavy atom. The van der Waals surface area contributed by atoms with Crippen LogP contribution < -0.4 is 0 Å². The van der Waals surface area contributed by atoms with E-state index >= 15 is 0 Å². The van der Waals surface area contributed by atoms with E-state index in [2.05, 4.69) is 6.92 Å². The summed E-state index contributed by atoms with van der Waals surface area (Å²) in [4.78, 5) is 0. The maximum absolute atomic E-state index is 9.32. The highest BCUT2D eigenvalue weighted by Crippen LogP contribution is 2.25. The summed E-state index contributed by atoms with van der Waals surface area (Å²) in [6.45, 7) is 7.74. The van der Waals surface area contributed by atoms with Gasteiger partial charge in [0.25, 0.3) is 0 Å². The molecule has 0 aromatic rings. The van der Waals surface area contributed by atoms with Crippen molar-refractivity contribution in [3.63, 3.8) is 0 Å². The van der Waals surface area contributed by atoms with E-state index in [9.17, 15) is 5.11 Å². The van der Waals surface area contributed by atoms with E-state index in [1.807, 2.05) is 13.8 Å². The summed E-state index contributed by atoms with van der Waals surface area (Å²) < 4.78 is 5.53. The van der Waals surface area contributed by atoms with Gasteiger partial charge in [0.15, 0.2) is 0 Å². The molecule has 0 saturated heterocycles. The molecule has 92 valence electrons. The first-order valence-electron chi connectivity index (χ1n) is 5.87. The van der Waals surface area contributed by atoms with E-state index in [0.29, 0.717) is 6.61 Å². The molecule has 0 aromatic heterocycles. The molecule has 3 heteroatoms. The minimum Gasteiger partial charge on any atom is -0.396 e. The average Bonchev–Trinajstić information content (AvgIpc) is 2.24. The molecular weight excluding hydrogens is 192 g/mol. The van der Waals surface area contributed by atoms with Crippen molar-refractivity contribution < 1.29 is 14.9 Å². The molecule has 15 heavy (non-hydrogen) atoms. The van der Waals surface area contributed by atoms with Crippen LogP contribution in [0.25, 0.3) is 0 Å². The molecule has 2 N–H and O–H groups in total. The second-order valence-corrected chi connectivity index (χ2v) is 4.87. The molecule has 2 atom stereocenters. The first-order chi connectivity index (χ1) is 7.08. The van der Waals surface area contributed by atoms with E-state index < -0.39 is 0 Å². The van der Waals surface area contributed by atoms with Crippen molar-refractivity contribution in [2.24, 2.45) is 11.3 Å². The quantitative estimate of drug-likeness (QED) is 0.580. The fourth-order valence-electron chi connectivity index (χ4n) is 1.64. The number of unbranched alkanes of at least 4 members (excludes halogenated alkanes) is 1. The predicted octanol–water partition coefficient (Wildman–Crippen LogP) is 1.82. The third-order valence-electron chi connectivity index (χ3n) is 2.63. The predicted molar refractivity (Wildman–Crippen MR) is 61.8 cm³/mol. The normalized spacial score (nSPS) is 17.4. The lowest BCUT2D eigenvalue weighted by atomic mass is 9.83. The molecule has 0 aromatic carbocycles. The maximum atomic E-state index is 9.32. The van der Waals surface area contributed by atoms with Gasteiger partial charge < -0.3 is 14.9 Å². The molecule has 0 aliphatic heterocycles.